The van der Waals surface area contributed by atoms with Gasteiger partial charge in [-0.25, -0.2) is 0 Å². The summed E-state index contributed by atoms with van der Waals surface area (Å²) in [6.07, 6.45) is 6.05. The summed E-state index contributed by atoms with van der Waals surface area (Å²) in [7, 11) is 1.80. The number of piperidine rings is 1. The third kappa shape index (κ3) is 6.33. The highest BCUT2D eigenvalue weighted by atomic mass is 127. The molecule has 1 aromatic carbocycles. The normalized spacial score (nSPS) is 15.9. The Kier molecular flexibility index (Phi) is 9.22. The number of fused-ring (bicyclic) bond motifs is 1. The molecule has 5 N–H and O–H groups in total. The highest BCUT2D eigenvalue weighted by Gasteiger charge is 2.20. The highest BCUT2D eigenvalue weighted by molar-refractivity contribution is 14.0. The number of guanidine groups is 1. The van der Waals surface area contributed by atoms with Gasteiger partial charge in [-0.1, -0.05) is 25.1 Å². The molecule has 1 amide bonds. The Hall–Kier alpha value is -1.81. The van der Waals surface area contributed by atoms with Crippen LogP contribution in [0.3, 0.4) is 0 Å². The van der Waals surface area contributed by atoms with Crippen molar-refractivity contribution in [2.75, 3.05) is 33.2 Å². The fraction of sp³-hybridized carbons (Fsp3) is 0.524. The molecule has 2 heterocycles. The maximum absolute atomic E-state index is 11.0. The SMILES string of the molecule is CCc1cccc2c(CCNC(=NC)NC3CCN(CC(N)=O)CC3)c[nH]c12.I. The van der Waals surface area contributed by atoms with Crippen LogP contribution in [0.1, 0.15) is 30.9 Å². The molecule has 2 aromatic rings. The van der Waals surface area contributed by atoms with Crippen molar-refractivity contribution in [3.05, 3.63) is 35.5 Å². The minimum atomic E-state index is -0.257. The molecule has 8 heteroatoms. The molecule has 1 fully saturated rings. The van der Waals surface area contributed by atoms with Crippen LogP contribution in [0.5, 0.6) is 0 Å². The Morgan fingerprint density at radius 3 is 2.72 bits per heavy atom. The number of H-pyrrole nitrogens is 1. The molecule has 7 nitrogen and oxygen atoms in total. The highest BCUT2D eigenvalue weighted by Crippen LogP contribution is 2.22. The van der Waals surface area contributed by atoms with Crippen LogP contribution in [-0.2, 0) is 17.6 Å². The van der Waals surface area contributed by atoms with Gasteiger partial charge in [-0.2, -0.15) is 0 Å². The molecule has 1 aliphatic heterocycles. The number of carbonyl (C=O) groups excluding carboxylic acids is 1. The van der Waals surface area contributed by atoms with E-state index in [0.29, 0.717) is 12.6 Å². The standard InChI is InChI=1S/C21H32N6O.HI/c1-3-15-5-4-6-18-16(13-25-20(15)18)7-10-24-21(23-2)26-17-8-11-27(12-9-17)14-19(22)28;/h4-6,13,17,25H,3,7-12,14H2,1-2H3,(H2,22,28)(H2,23,24,26);1H. The van der Waals surface area contributed by atoms with Crippen molar-refractivity contribution in [1.82, 2.24) is 20.5 Å². The second kappa shape index (κ2) is 11.4. The van der Waals surface area contributed by atoms with E-state index in [1.807, 2.05) is 0 Å². The first-order valence-electron chi connectivity index (χ1n) is 10.2. The topological polar surface area (TPSA) is 98.5 Å². The van der Waals surface area contributed by atoms with Gasteiger partial charge in [0.25, 0.3) is 0 Å². The van der Waals surface area contributed by atoms with Crippen LogP contribution >= 0.6 is 24.0 Å². The van der Waals surface area contributed by atoms with E-state index in [1.165, 1.54) is 22.0 Å². The fourth-order valence-electron chi connectivity index (χ4n) is 3.94. The van der Waals surface area contributed by atoms with Gasteiger partial charge in [0.15, 0.2) is 5.96 Å². The molecule has 0 atom stereocenters. The van der Waals surface area contributed by atoms with Crippen LogP contribution in [-0.4, -0.2) is 61.0 Å². The van der Waals surface area contributed by atoms with E-state index in [9.17, 15) is 4.79 Å². The summed E-state index contributed by atoms with van der Waals surface area (Å²) in [6.45, 7) is 5.12. The predicted molar refractivity (Wildman–Crippen MR) is 130 cm³/mol. The summed E-state index contributed by atoms with van der Waals surface area (Å²) in [5, 5.41) is 8.24. The molecule has 1 aliphatic rings. The molecule has 29 heavy (non-hydrogen) atoms. The number of rotatable bonds is 7. The third-order valence-electron chi connectivity index (χ3n) is 5.49. The number of aromatic nitrogens is 1. The van der Waals surface area contributed by atoms with Gasteiger partial charge >= 0.3 is 0 Å². The van der Waals surface area contributed by atoms with Gasteiger partial charge in [-0.3, -0.25) is 14.7 Å². The molecule has 3 rings (SSSR count). The Labute approximate surface area is 189 Å². The molecule has 1 aromatic heterocycles. The molecule has 160 valence electrons. The number of primary amides is 1. The molecular formula is C21H33IN6O. The van der Waals surface area contributed by atoms with E-state index in [-0.39, 0.29) is 29.9 Å². The molecule has 0 saturated carbocycles. The Balaban J connectivity index is 0.00000300. The first-order valence-corrected chi connectivity index (χ1v) is 10.2. The number of aliphatic imine (C=N–C) groups is 1. The maximum atomic E-state index is 11.0. The number of likely N-dealkylation sites (tertiary alicyclic amines) is 1. The number of hydrogen-bond acceptors (Lipinski definition) is 3. The Morgan fingerprint density at radius 2 is 2.07 bits per heavy atom. The van der Waals surface area contributed by atoms with Gasteiger partial charge in [0.2, 0.25) is 5.91 Å². The number of amides is 1. The van der Waals surface area contributed by atoms with Gasteiger partial charge in [0.05, 0.1) is 6.54 Å². The minimum Gasteiger partial charge on any atom is -0.369 e. The zero-order valence-electron chi connectivity index (χ0n) is 17.3. The third-order valence-corrected chi connectivity index (χ3v) is 5.49. The lowest BCUT2D eigenvalue weighted by Crippen LogP contribution is -2.50. The Morgan fingerprint density at radius 1 is 1.31 bits per heavy atom. The smallest absolute Gasteiger partial charge is 0.231 e. The van der Waals surface area contributed by atoms with Crippen molar-refractivity contribution >= 4 is 46.7 Å². The molecule has 1 saturated heterocycles. The van der Waals surface area contributed by atoms with E-state index >= 15 is 0 Å². The lowest BCUT2D eigenvalue weighted by atomic mass is 10.1. The van der Waals surface area contributed by atoms with Crippen molar-refractivity contribution in [3.8, 4) is 0 Å². The van der Waals surface area contributed by atoms with Crippen molar-refractivity contribution in [2.24, 2.45) is 10.7 Å². The van der Waals surface area contributed by atoms with Gasteiger partial charge in [0, 0.05) is 49.8 Å². The first kappa shape index (κ1) is 23.5. The monoisotopic (exact) mass is 512 g/mol. The molecule has 0 aliphatic carbocycles. The van der Waals surface area contributed by atoms with Crippen LogP contribution in [0.25, 0.3) is 10.9 Å². The first-order chi connectivity index (χ1) is 13.6. The largest absolute Gasteiger partial charge is 0.369 e. The summed E-state index contributed by atoms with van der Waals surface area (Å²) < 4.78 is 0. The van der Waals surface area contributed by atoms with Crippen LogP contribution < -0.4 is 16.4 Å². The van der Waals surface area contributed by atoms with Crippen molar-refractivity contribution in [1.29, 1.82) is 0 Å². The van der Waals surface area contributed by atoms with E-state index in [2.05, 4.69) is 56.8 Å². The second-order valence-corrected chi connectivity index (χ2v) is 7.42. The van der Waals surface area contributed by atoms with Gasteiger partial charge in [0.1, 0.15) is 0 Å². The molecule has 0 radical (unpaired) electrons. The van der Waals surface area contributed by atoms with E-state index in [4.69, 9.17) is 5.73 Å². The number of nitrogens with one attached hydrogen (secondary N) is 3. The van der Waals surface area contributed by atoms with Crippen molar-refractivity contribution in [3.63, 3.8) is 0 Å². The average molecular weight is 512 g/mol. The number of carbonyl (C=O) groups is 1. The quantitative estimate of drug-likeness (QED) is 0.259. The molecule has 0 unspecified atom stereocenters. The van der Waals surface area contributed by atoms with Crippen molar-refractivity contribution in [2.45, 2.75) is 38.6 Å². The number of benzene rings is 1. The number of hydrogen-bond donors (Lipinski definition) is 4. The van der Waals surface area contributed by atoms with Crippen molar-refractivity contribution < 1.29 is 4.79 Å². The van der Waals surface area contributed by atoms with Crippen LogP contribution in [0, 0.1) is 0 Å². The number of nitrogens with zero attached hydrogens (tertiary/aromatic N) is 2. The van der Waals surface area contributed by atoms with E-state index < -0.39 is 0 Å². The fourth-order valence-corrected chi connectivity index (χ4v) is 3.94. The number of nitrogens with two attached hydrogens (primary N) is 1. The maximum Gasteiger partial charge on any atom is 0.231 e. The van der Waals surface area contributed by atoms with Crippen LogP contribution in [0.15, 0.2) is 29.4 Å². The van der Waals surface area contributed by atoms with Crippen LogP contribution in [0.2, 0.25) is 0 Å². The number of aromatic amines is 1. The molecular weight excluding hydrogens is 479 g/mol. The Bertz CT molecular complexity index is 826. The average Bonchev–Trinajstić information content (AvgIpc) is 3.11. The zero-order valence-corrected chi connectivity index (χ0v) is 19.7. The molecule has 0 bridgehead atoms. The lowest BCUT2D eigenvalue weighted by molar-refractivity contribution is -0.119. The van der Waals surface area contributed by atoms with Gasteiger partial charge < -0.3 is 21.4 Å². The predicted octanol–water partition coefficient (Wildman–Crippen LogP) is 2.01. The summed E-state index contributed by atoms with van der Waals surface area (Å²) in [5.74, 6) is 0.578. The summed E-state index contributed by atoms with van der Waals surface area (Å²) in [4.78, 5) is 20.9. The summed E-state index contributed by atoms with van der Waals surface area (Å²) in [6, 6.07) is 6.88. The zero-order chi connectivity index (χ0) is 19.9. The number of aryl methyl sites for hydroxylation is 1. The van der Waals surface area contributed by atoms with Gasteiger partial charge in [-0.15, -0.1) is 24.0 Å². The summed E-state index contributed by atoms with van der Waals surface area (Å²) in [5.41, 5.74) is 9.22. The van der Waals surface area contributed by atoms with Crippen LogP contribution in [0.4, 0.5) is 0 Å². The van der Waals surface area contributed by atoms with Gasteiger partial charge in [-0.05, 0) is 36.8 Å². The second-order valence-electron chi connectivity index (χ2n) is 7.42. The lowest BCUT2D eigenvalue weighted by Gasteiger charge is -2.32. The minimum absolute atomic E-state index is 0. The summed E-state index contributed by atoms with van der Waals surface area (Å²) >= 11 is 0. The molecule has 0 spiro atoms. The number of para-hydroxylation sites is 1. The number of halogens is 1. The van der Waals surface area contributed by atoms with E-state index in [0.717, 1.165) is 51.3 Å². The van der Waals surface area contributed by atoms with E-state index in [1.54, 1.807) is 7.05 Å².